The molecular weight excluding hydrogens is 412 g/mol. The van der Waals surface area contributed by atoms with Gasteiger partial charge >= 0.3 is 0 Å². The zero-order chi connectivity index (χ0) is 22.6. The van der Waals surface area contributed by atoms with E-state index in [9.17, 15) is 13.2 Å². The summed E-state index contributed by atoms with van der Waals surface area (Å²) < 4.78 is 25.8. The Morgan fingerprint density at radius 3 is 2.52 bits per heavy atom. The quantitative estimate of drug-likeness (QED) is 0.585. The van der Waals surface area contributed by atoms with Gasteiger partial charge in [-0.3, -0.25) is 4.79 Å². The number of benzene rings is 1. The molecule has 31 heavy (non-hydrogen) atoms. The molecular formula is C23H32N4O3S. The van der Waals surface area contributed by atoms with Gasteiger partial charge in [0.25, 0.3) is 0 Å². The fourth-order valence-corrected chi connectivity index (χ4v) is 5.75. The summed E-state index contributed by atoms with van der Waals surface area (Å²) in [7, 11) is 0.911. The second kappa shape index (κ2) is 9.78. The fourth-order valence-electron chi connectivity index (χ4n) is 4.02. The molecule has 1 aliphatic rings. The van der Waals surface area contributed by atoms with Crippen molar-refractivity contribution < 1.29 is 13.2 Å². The van der Waals surface area contributed by atoms with Gasteiger partial charge in [-0.15, -0.1) is 0 Å². The number of amides is 1. The maximum Gasteiger partial charge on any atom is 0.246 e. The van der Waals surface area contributed by atoms with E-state index >= 15 is 0 Å². The molecule has 1 saturated heterocycles. The summed E-state index contributed by atoms with van der Waals surface area (Å²) in [6.45, 7) is 5.29. The molecule has 7 nitrogen and oxygen atoms in total. The normalized spacial score (nSPS) is 18.2. The third-order valence-corrected chi connectivity index (χ3v) is 7.43. The average Bonchev–Trinajstić information content (AvgIpc) is 3.22. The maximum atomic E-state index is 13.1. The van der Waals surface area contributed by atoms with Crippen molar-refractivity contribution in [2.45, 2.75) is 32.7 Å². The Kier molecular flexibility index (Phi) is 7.33. The van der Waals surface area contributed by atoms with E-state index in [2.05, 4.69) is 10.00 Å². The van der Waals surface area contributed by atoms with Crippen LogP contribution in [0.2, 0.25) is 0 Å². The number of rotatable bonds is 8. The molecule has 0 spiro atoms. The zero-order valence-corrected chi connectivity index (χ0v) is 19.6. The predicted molar refractivity (Wildman–Crippen MR) is 124 cm³/mol. The van der Waals surface area contributed by atoms with E-state index < -0.39 is 9.84 Å². The number of nitrogens with zero attached hydrogens (tertiary/aromatic N) is 4. The standard InChI is InChI=1S/C23H32N4O3S/c1-18-22(19(2)27(24-18)20-9-6-5-7-10-20)11-12-23(28)26(15-8-14-25(3)4)21-13-16-31(29,30)17-21/h5-7,9-12,21H,8,13-17H2,1-4H3/b12-11+. The van der Waals surface area contributed by atoms with Crippen LogP contribution >= 0.6 is 0 Å². The second-order valence-corrected chi connectivity index (χ2v) is 10.6. The summed E-state index contributed by atoms with van der Waals surface area (Å²) in [5, 5.41) is 4.62. The lowest BCUT2D eigenvalue weighted by molar-refractivity contribution is -0.127. The molecule has 1 amide bonds. The largest absolute Gasteiger partial charge is 0.335 e. The number of hydrogen-bond donors (Lipinski definition) is 0. The third-order valence-electron chi connectivity index (χ3n) is 5.68. The van der Waals surface area contributed by atoms with E-state index in [4.69, 9.17) is 0 Å². The molecule has 2 aromatic rings. The number of carbonyl (C=O) groups is 1. The number of para-hydroxylation sites is 1. The minimum absolute atomic E-state index is 0.0541. The number of aryl methyl sites for hydroxylation is 1. The van der Waals surface area contributed by atoms with E-state index in [0.29, 0.717) is 13.0 Å². The number of hydrogen-bond acceptors (Lipinski definition) is 5. The van der Waals surface area contributed by atoms with Gasteiger partial charge in [0.1, 0.15) is 0 Å². The smallest absolute Gasteiger partial charge is 0.246 e. The van der Waals surface area contributed by atoms with Crippen LogP contribution in [-0.4, -0.2) is 78.6 Å². The van der Waals surface area contributed by atoms with E-state index in [0.717, 1.165) is 35.6 Å². The van der Waals surface area contributed by atoms with E-state index in [1.54, 1.807) is 11.0 Å². The molecule has 1 fully saturated rings. The average molecular weight is 445 g/mol. The van der Waals surface area contributed by atoms with Crippen molar-refractivity contribution in [3.8, 4) is 5.69 Å². The Hall–Kier alpha value is -2.45. The van der Waals surface area contributed by atoms with Crippen molar-refractivity contribution in [3.05, 3.63) is 53.4 Å². The van der Waals surface area contributed by atoms with Gasteiger partial charge in [-0.1, -0.05) is 18.2 Å². The highest BCUT2D eigenvalue weighted by molar-refractivity contribution is 7.91. The molecule has 3 rings (SSSR count). The van der Waals surface area contributed by atoms with E-state index in [1.807, 2.05) is 69.0 Å². The molecule has 1 aliphatic heterocycles. The third kappa shape index (κ3) is 5.83. The van der Waals surface area contributed by atoms with Crippen molar-refractivity contribution in [1.82, 2.24) is 19.6 Å². The van der Waals surface area contributed by atoms with Crippen molar-refractivity contribution in [1.29, 1.82) is 0 Å². The van der Waals surface area contributed by atoms with Crippen molar-refractivity contribution in [3.63, 3.8) is 0 Å². The van der Waals surface area contributed by atoms with E-state index in [-0.39, 0.29) is 23.5 Å². The fraction of sp³-hybridized carbons (Fsp3) is 0.478. The molecule has 8 heteroatoms. The molecule has 1 unspecified atom stereocenters. The van der Waals surface area contributed by atoms with Crippen LogP contribution in [0.5, 0.6) is 0 Å². The summed E-state index contributed by atoms with van der Waals surface area (Å²) >= 11 is 0. The first-order valence-corrected chi connectivity index (χ1v) is 12.5. The van der Waals surface area contributed by atoms with Gasteiger partial charge in [0.05, 0.1) is 22.9 Å². The van der Waals surface area contributed by atoms with Gasteiger partial charge in [-0.25, -0.2) is 13.1 Å². The summed E-state index contributed by atoms with van der Waals surface area (Å²) in [5.74, 6) is 0.0616. The van der Waals surface area contributed by atoms with Crippen LogP contribution in [0.15, 0.2) is 36.4 Å². The highest BCUT2D eigenvalue weighted by atomic mass is 32.2. The topological polar surface area (TPSA) is 75.5 Å². The van der Waals surface area contributed by atoms with Gasteiger partial charge in [0, 0.05) is 29.9 Å². The Morgan fingerprint density at radius 1 is 1.19 bits per heavy atom. The van der Waals surface area contributed by atoms with Gasteiger partial charge in [0.2, 0.25) is 5.91 Å². The minimum atomic E-state index is -3.06. The van der Waals surface area contributed by atoms with Crippen LogP contribution in [0.4, 0.5) is 0 Å². The lowest BCUT2D eigenvalue weighted by Gasteiger charge is -2.27. The van der Waals surface area contributed by atoms with Crippen molar-refractivity contribution in [2.75, 3.05) is 38.7 Å². The summed E-state index contributed by atoms with van der Waals surface area (Å²) in [5.41, 5.74) is 3.67. The lowest BCUT2D eigenvalue weighted by Crippen LogP contribution is -2.41. The highest BCUT2D eigenvalue weighted by Gasteiger charge is 2.33. The van der Waals surface area contributed by atoms with Crippen LogP contribution in [0.25, 0.3) is 11.8 Å². The Bertz CT molecular complexity index is 1040. The van der Waals surface area contributed by atoms with Crippen molar-refractivity contribution >= 4 is 21.8 Å². The second-order valence-electron chi connectivity index (χ2n) is 8.41. The number of sulfone groups is 1. The first-order valence-electron chi connectivity index (χ1n) is 10.6. The maximum absolute atomic E-state index is 13.1. The molecule has 1 aromatic carbocycles. The van der Waals surface area contributed by atoms with Gasteiger partial charge in [0.15, 0.2) is 9.84 Å². The van der Waals surface area contributed by atoms with E-state index in [1.165, 1.54) is 0 Å². The molecule has 168 valence electrons. The molecule has 2 heterocycles. The first kappa shape index (κ1) is 23.2. The Labute approximate surface area is 185 Å². The molecule has 0 radical (unpaired) electrons. The van der Waals surface area contributed by atoms with Crippen LogP contribution in [0.1, 0.15) is 29.8 Å². The van der Waals surface area contributed by atoms with Crippen LogP contribution < -0.4 is 0 Å². The molecule has 0 aliphatic carbocycles. The first-order chi connectivity index (χ1) is 14.7. The number of carbonyl (C=O) groups excluding carboxylic acids is 1. The Morgan fingerprint density at radius 2 is 1.90 bits per heavy atom. The summed E-state index contributed by atoms with van der Waals surface area (Å²) in [4.78, 5) is 16.9. The molecule has 1 aromatic heterocycles. The van der Waals surface area contributed by atoms with Crippen LogP contribution in [0.3, 0.4) is 0 Å². The predicted octanol–water partition coefficient (Wildman–Crippen LogP) is 2.47. The SMILES string of the molecule is Cc1nn(-c2ccccc2)c(C)c1/C=C/C(=O)N(CCCN(C)C)C1CCS(=O)(=O)C1. The number of aromatic nitrogens is 2. The van der Waals surface area contributed by atoms with Crippen LogP contribution in [0, 0.1) is 13.8 Å². The monoisotopic (exact) mass is 444 g/mol. The molecule has 1 atom stereocenters. The highest BCUT2D eigenvalue weighted by Crippen LogP contribution is 2.21. The summed E-state index contributed by atoms with van der Waals surface area (Å²) in [6.07, 6.45) is 4.68. The van der Waals surface area contributed by atoms with Gasteiger partial charge in [-0.2, -0.15) is 5.10 Å². The zero-order valence-electron chi connectivity index (χ0n) is 18.8. The Balaban J connectivity index is 1.80. The molecule has 0 N–H and O–H groups in total. The minimum Gasteiger partial charge on any atom is -0.335 e. The molecule has 0 bridgehead atoms. The summed E-state index contributed by atoms with van der Waals surface area (Å²) in [6, 6.07) is 9.62. The van der Waals surface area contributed by atoms with Gasteiger partial charge in [-0.05, 0) is 65.5 Å². The van der Waals surface area contributed by atoms with Crippen LogP contribution in [-0.2, 0) is 14.6 Å². The van der Waals surface area contributed by atoms with Gasteiger partial charge < -0.3 is 9.80 Å². The molecule has 0 saturated carbocycles. The lowest BCUT2D eigenvalue weighted by atomic mass is 10.1. The van der Waals surface area contributed by atoms with Crippen molar-refractivity contribution in [2.24, 2.45) is 0 Å².